The van der Waals surface area contributed by atoms with Crippen molar-refractivity contribution in [3.63, 3.8) is 0 Å². The van der Waals surface area contributed by atoms with Gasteiger partial charge in [-0.1, -0.05) is 247 Å². The Morgan fingerprint density at radius 2 is 1.10 bits per heavy atom. The van der Waals surface area contributed by atoms with E-state index in [1.54, 1.807) is 25.3 Å². The first-order chi connectivity index (χ1) is 56.4. The zero-order chi connectivity index (χ0) is 88.2. The Balaban J connectivity index is 1.62. The van der Waals surface area contributed by atoms with Crippen LogP contribution >= 0.6 is 33.1 Å². The molecule has 25 atom stereocenters. The molecule has 1 N–H and O–H groups in total. The van der Waals surface area contributed by atoms with E-state index in [1.807, 2.05) is 98.9 Å². The molecular weight excluding hydrogens is 1630 g/mol. The summed E-state index contributed by atoms with van der Waals surface area (Å²) in [6.07, 6.45) is 22.2. The molecule has 6 bridgehead atoms. The van der Waals surface area contributed by atoms with Gasteiger partial charge in [-0.15, -0.1) is 17.9 Å². The average molecular weight is 1790 g/mol. The van der Waals surface area contributed by atoms with E-state index >= 15 is 9.59 Å². The van der Waals surface area contributed by atoms with Gasteiger partial charge < -0.3 is 75.4 Å². The van der Waals surface area contributed by atoms with Crippen LogP contribution in [0.5, 0.6) is 0 Å². The Bertz CT molecular complexity index is 3500. The maximum absolute atomic E-state index is 15.7. The predicted octanol–water partition coefficient (Wildman–Crippen LogP) is 22.2. The number of rotatable bonds is 28. The Labute approximate surface area is 726 Å². The molecule has 4 fully saturated rings. The van der Waals surface area contributed by atoms with E-state index in [9.17, 15) is 9.59 Å². The van der Waals surface area contributed by atoms with Crippen LogP contribution in [-0.4, -0.2) is 186 Å². The fourth-order valence-electron chi connectivity index (χ4n) is 17.3. The van der Waals surface area contributed by atoms with Crippen molar-refractivity contribution >= 4 is 82.0 Å². The summed E-state index contributed by atoms with van der Waals surface area (Å²) >= 11 is 0. The van der Waals surface area contributed by atoms with E-state index in [0.717, 1.165) is 41.8 Å². The number of hydrogen-bond donors (Lipinski definition) is 1. The molecule has 27 heteroatoms. The van der Waals surface area contributed by atoms with Crippen LogP contribution in [-0.2, 0) is 85.1 Å². The third-order valence-electron chi connectivity index (χ3n) is 25.7. The minimum absolute atomic E-state index is 0.0493. The fourth-order valence-corrected chi connectivity index (χ4v) is 30.4. The molecule has 0 aromatic heterocycles. The molecule has 6 rings (SSSR count). The highest BCUT2D eigenvalue weighted by atomic mass is 32.0. The third-order valence-corrected chi connectivity index (χ3v) is 44.7. The number of nitrogens with one attached hydrogen (secondary N) is 1. The van der Waals surface area contributed by atoms with E-state index in [-0.39, 0.29) is 102 Å². The SMILES string of the molecule is C=CCOC(=O)N[C@@H]1[C@H](OC(=O)c2ccc(C(C)(C)C)cc2)[C@H](O[C@H]2/C=C/C=C/C=C/C=C/C=C/C=C/C=C/[C@H](C)[C@@H](C)[C@@H](C)[C@H](C)OC(=O)C[C@H]3CC(CC[C@@H](O[Si](CC)(CC)C(C)C)[C@H]4CC(C[C@]5(OC)C[C@H](O[Si](CC)(CC)C(C)C)[C@@H](C(=O)OCC=C)C(C2)O5)OC(P(C)P)O4)OC(P(C)P)O3)O[C@H](C)[C@H]1O[Si](CC)(CC)C(C)C. The van der Waals surface area contributed by atoms with Crippen molar-refractivity contribution in [2.24, 2.45) is 23.7 Å². The third kappa shape index (κ3) is 30.1. The highest BCUT2D eigenvalue weighted by molar-refractivity contribution is 8.13. The highest BCUT2D eigenvalue weighted by Gasteiger charge is 2.58. The number of amides is 1. The van der Waals surface area contributed by atoms with E-state index in [1.165, 1.54) is 6.08 Å². The lowest BCUT2D eigenvalue weighted by molar-refractivity contribution is -0.325. The van der Waals surface area contributed by atoms with Crippen molar-refractivity contribution in [3.8, 4) is 0 Å². The number of allylic oxidation sites excluding steroid dienone is 13. The molecular formula is C92H153NO19P4Si3. The number of esters is 3. The number of alkyl carbamates (subject to hydrolysis) is 1. The summed E-state index contributed by atoms with van der Waals surface area (Å²) in [6, 6.07) is 9.85. The molecule has 5 heterocycles. The Morgan fingerprint density at radius 3 is 1.62 bits per heavy atom. The summed E-state index contributed by atoms with van der Waals surface area (Å²) in [7, 11) is -2.15. The molecule has 5 aliphatic heterocycles. The van der Waals surface area contributed by atoms with Crippen molar-refractivity contribution in [2.45, 2.75) is 352 Å². The average Bonchev–Trinajstić information content (AvgIpc) is 0.749. The summed E-state index contributed by atoms with van der Waals surface area (Å²) in [5.74, 6) is -3.62. The van der Waals surface area contributed by atoms with Crippen LogP contribution in [0.4, 0.5) is 4.79 Å². The van der Waals surface area contributed by atoms with Crippen LogP contribution in [0, 0.1) is 23.7 Å². The molecule has 0 spiro atoms. The van der Waals surface area contributed by atoms with Crippen LogP contribution in [0.2, 0.25) is 52.9 Å². The van der Waals surface area contributed by atoms with Gasteiger partial charge in [-0.2, -0.15) is 0 Å². The number of methoxy groups -OCH3 is 1. The van der Waals surface area contributed by atoms with Gasteiger partial charge in [-0.25, -0.2) is 9.59 Å². The number of cyclic esters (lactones) is 1. The molecule has 1 amide bonds. The zero-order valence-corrected chi connectivity index (χ0v) is 83.5. The summed E-state index contributed by atoms with van der Waals surface area (Å²) in [4.78, 5) is 59.4. The summed E-state index contributed by atoms with van der Waals surface area (Å²) in [5, 5.41) is 3.12. The van der Waals surface area contributed by atoms with E-state index in [0.29, 0.717) is 25.7 Å². The topological polar surface area (TPSA) is 219 Å². The second-order valence-corrected chi connectivity index (χ2v) is 58.5. The molecule has 4 saturated heterocycles. The van der Waals surface area contributed by atoms with E-state index in [4.69, 9.17) is 70.1 Å². The summed E-state index contributed by atoms with van der Waals surface area (Å²) < 4.78 is 106. The molecule has 0 radical (unpaired) electrons. The van der Waals surface area contributed by atoms with Crippen LogP contribution in [0.1, 0.15) is 206 Å². The number of ether oxygens (including phenoxy) is 12. The summed E-state index contributed by atoms with van der Waals surface area (Å²) in [6.45, 7) is 55.0. The Kier molecular flexibility index (Phi) is 43.9. The predicted molar refractivity (Wildman–Crippen MR) is 497 cm³/mol. The number of benzene rings is 1. The van der Waals surface area contributed by atoms with Crippen molar-refractivity contribution in [1.82, 2.24) is 5.32 Å². The lowest BCUT2D eigenvalue weighted by atomic mass is 9.82. The first-order valence-electron chi connectivity index (χ1n) is 44.1. The first-order valence-corrected chi connectivity index (χ1v) is 58.2. The molecule has 1 aromatic rings. The van der Waals surface area contributed by atoms with Crippen molar-refractivity contribution in [2.75, 3.05) is 33.7 Å². The van der Waals surface area contributed by atoms with Crippen molar-refractivity contribution < 1.29 is 89.3 Å². The van der Waals surface area contributed by atoms with Gasteiger partial charge in [-0.05, 0) is 149 Å². The van der Waals surface area contributed by atoms with Crippen molar-refractivity contribution in [1.29, 1.82) is 0 Å². The van der Waals surface area contributed by atoms with Crippen LogP contribution in [0.15, 0.2) is 135 Å². The smallest absolute Gasteiger partial charge is 0.407 e. The molecule has 0 aliphatic carbocycles. The largest absolute Gasteiger partial charge is 0.462 e. The molecule has 1 aromatic carbocycles. The Morgan fingerprint density at radius 1 is 0.597 bits per heavy atom. The lowest BCUT2D eigenvalue weighted by Crippen LogP contribution is -2.68. The minimum Gasteiger partial charge on any atom is -0.462 e. The van der Waals surface area contributed by atoms with E-state index in [2.05, 4.69) is 186 Å². The fraction of sp³-hybridized carbons (Fsp3) is 0.696. The Hall–Kier alpha value is -3.51. The van der Waals surface area contributed by atoms with Gasteiger partial charge in [0.25, 0.3) is 0 Å². The van der Waals surface area contributed by atoms with Gasteiger partial charge >= 0.3 is 24.0 Å². The van der Waals surface area contributed by atoms with Gasteiger partial charge in [0, 0.05) is 39.2 Å². The van der Waals surface area contributed by atoms with Gasteiger partial charge in [-0.3, -0.25) is 9.59 Å². The standard InChI is InChI=1S/C92H153NO19P4Si3/c1-26-54-99-86(96)81-78-57-72(103-87-84(108-85(95)70-48-50-71(51-49-70)91(20,21)22)82(93-88(97)100-55-27-2)83(69(19)102-87)112-119(32-7,33-8)64(13)14)47-45-43-41-39-37-35-34-36-38-40-42-44-46-65(15)66(16)67(17)68(18)101-80(94)59-74-56-73(104-89(105-74)115(24)113)52-53-76(110-117(28-3,29-4)62(9)10)77-58-75(106-90(107-77)116(25)114)60-92(98-23,109-78)61-79(81)111-118(30-5,31-6)63(11)12/h26-27,34-51,62-69,72-79,81-84,87,89-90H,1-2,28-33,52-61,113-114H2,3-25H3,(H,93,97)/b35-34+,38-36+,39-37+,42-40+,43-41+,46-44+,47-45+/t65-,66+,67+,68-,69+,72-,73?,74+,75?,76+,77+,78?,79-,81-,82-,83+,84-,87-,89?,90?,92+,115?,116?/m0/s1. The number of fused-ring (bicyclic) bond motifs is 6. The monoisotopic (exact) mass is 1780 g/mol. The number of carbonyl (C=O) groups excluding carboxylic acids is 4. The molecule has 20 nitrogen and oxygen atoms in total. The molecule has 5 aliphatic rings. The van der Waals surface area contributed by atoms with Gasteiger partial charge in [0.2, 0.25) is 0 Å². The van der Waals surface area contributed by atoms with Crippen LogP contribution in [0.25, 0.3) is 0 Å². The van der Waals surface area contributed by atoms with Gasteiger partial charge in [0.15, 0.2) is 55.2 Å². The van der Waals surface area contributed by atoms with Gasteiger partial charge in [0.1, 0.15) is 31.3 Å². The molecule has 672 valence electrons. The maximum atomic E-state index is 15.7. The van der Waals surface area contributed by atoms with Crippen molar-refractivity contribution in [3.05, 3.63) is 146 Å². The second kappa shape index (κ2) is 50.1. The van der Waals surface area contributed by atoms with Crippen LogP contribution < -0.4 is 5.32 Å². The number of hydrogen-bond acceptors (Lipinski definition) is 19. The lowest BCUT2D eigenvalue weighted by Gasteiger charge is -2.52. The highest BCUT2D eigenvalue weighted by Crippen LogP contribution is 2.54. The van der Waals surface area contributed by atoms with Crippen LogP contribution in [0.3, 0.4) is 0 Å². The summed E-state index contributed by atoms with van der Waals surface area (Å²) in [5.41, 5.74) is 1.60. The first kappa shape index (κ1) is 104. The number of carbonyl (C=O) groups is 4. The maximum Gasteiger partial charge on any atom is 0.407 e. The second-order valence-electron chi connectivity index (χ2n) is 35.3. The normalized spacial score (nSPS) is 33.5. The molecule has 9 unspecified atom stereocenters. The minimum atomic E-state index is -2.75. The molecule has 119 heavy (non-hydrogen) atoms. The van der Waals surface area contributed by atoms with Gasteiger partial charge in [0.05, 0.1) is 73.0 Å². The quantitative estimate of drug-likeness (QED) is 0.0271. The zero-order valence-electron chi connectivity index (χ0n) is 76.4. The molecule has 0 saturated carbocycles. The van der Waals surface area contributed by atoms with E-state index < -0.39 is 155 Å².